The van der Waals surface area contributed by atoms with Crippen LogP contribution in [0.4, 0.5) is 5.00 Å². The molecule has 9 heteroatoms. The number of amides is 2. The monoisotopic (exact) mass is 404 g/mol. The number of anilines is 1. The van der Waals surface area contributed by atoms with Gasteiger partial charge in [0.1, 0.15) is 5.00 Å². The minimum atomic E-state index is -0.728. The van der Waals surface area contributed by atoms with Crippen molar-refractivity contribution in [2.75, 3.05) is 25.6 Å². The third-order valence-electron chi connectivity index (χ3n) is 3.50. The van der Waals surface area contributed by atoms with Gasteiger partial charge in [0.15, 0.2) is 24.7 Å². The number of esters is 1. The Morgan fingerprint density at radius 1 is 1.21 bits per heavy atom. The number of carbonyl (C=O) groups is 3. The van der Waals surface area contributed by atoms with E-state index in [4.69, 9.17) is 19.9 Å². The molecular weight excluding hydrogens is 384 g/mol. The largest absolute Gasteiger partial charge is 0.493 e. The van der Waals surface area contributed by atoms with Gasteiger partial charge in [-0.05, 0) is 35.6 Å². The number of rotatable bonds is 10. The van der Waals surface area contributed by atoms with Crippen LogP contribution in [0.15, 0.2) is 42.3 Å². The summed E-state index contributed by atoms with van der Waals surface area (Å²) in [5.74, 6) is -1.13. The lowest BCUT2D eigenvalue weighted by Gasteiger charge is -2.11. The van der Waals surface area contributed by atoms with Gasteiger partial charge in [-0.25, -0.2) is 4.79 Å². The molecule has 2 rings (SSSR count). The van der Waals surface area contributed by atoms with Gasteiger partial charge in [0.05, 0.1) is 12.7 Å². The summed E-state index contributed by atoms with van der Waals surface area (Å²) >= 11 is 1.14. The first-order valence-corrected chi connectivity index (χ1v) is 9.06. The third-order valence-corrected chi connectivity index (χ3v) is 4.33. The number of hydrogen-bond donors (Lipinski definition) is 2. The molecule has 0 radical (unpaired) electrons. The van der Waals surface area contributed by atoms with E-state index in [1.807, 2.05) is 6.07 Å². The highest BCUT2D eigenvalue weighted by molar-refractivity contribution is 7.14. The second kappa shape index (κ2) is 10.1. The number of primary amides is 1. The van der Waals surface area contributed by atoms with Crippen molar-refractivity contribution in [2.24, 2.45) is 5.73 Å². The van der Waals surface area contributed by atoms with Crippen molar-refractivity contribution in [1.82, 2.24) is 0 Å². The van der Waals surface area contributed by atoms with Crippen molar-refractivity contribution in [1.29, 1.82) is 0 Å². The predicted molar refractivity (Wildman–Crippen MR) is 105 cm³/mol. The van der Waals surface area contributed by atoms with E-state index in [9.17, 15) is 14.4 Å². The molecule has 1 aromatic heterocycles. The van der Waals surface area contributed by atoms with E-state index in [1.54, 1.807) is 23.6 Å². The summed E-state index contributed by atoms with van der Waals surface area (Å²) in [7, 11) is 1.49. The van der Waals surface area contributed by atoms with Crippen LogP contribution in [0.3, 0.4) is 0 Å². The zero-order chi connectivity index (χ0) is 20.5. The molecule has 8 nitrogen and oxygen atoms in total. The Kier molecular flexibility index (Phi) is 7.58. The molecule has 0 saturated heterocycles. The van der Waals surface area contributed by atoms with E-state index in [1.165, 1.54) is 13.2 Å². The van der Waals surface area contributed by atoms with E-state index < -0.39 is 31.0 Å². The summed E-state index contributed by atoms with van der Waals surface area (Å²) in [5, 5.41) is 4.38. The molecule has 3 N–H and O–H groups in total. The van der Waals surface area contributed by atoms with Crippen LogP contribution in [0.2, 0.25) is 0 Å². The number of ether oxygens (including phenoxy) is 3. The molecule has 0 aliphatic rings. The summed E-state index contributed by atoms with van der Waals surface area (Å²) in [4.78, 5) is 34.9. The van der Waals surface area contributed by atoms with Crippen LogP contribution in [-0.2, 0) is 20.7 Å². The van der Waals surface area contributed by atoms with Gasteiger partial charge in [-0.3, -0.25) is 9.59 Å². The standard InChI is InChI=1S/C19H20N2O6S/c1-3-4-12-5-6-14(15(9-12)25-2)26-11-17(23)27-10-16(22)21-19-13(18(20)24)7-8-28-19/h3,5-9H,1,4,10-11H2,2H3,(H2,20,24)(H,21,22). The Morgan fingerprint density at radius 2 is 2.00 bits per heavy atom. The summed E-state index contributed by atoms with van der Waals surface area (Å²) < 4.78 is 15.5. The molecule has 2 aromatic rings. The van der Waals surface area contributed by atoms with Gasteiger partial charge < -0.3 is 25.3 Å². The van der Waals surface area contributed by atoms with Crippen molar-refractivity contribution in [3.05, 3.63) is 53.4 Å². The average Bonchev–Trinajstić information content (AvgIpc) is 3.13. The molecular formula is C19H20N2O6S. The van der Waals surface area contributed by atoms with Crippen LogP contribution in [0.5, 0.6) is 11.5 Å². The van der Waals surface area contributed by atoms with Gasteiger partial charge in [-0.2, -0.15) is 0 Å². The third kappa shape index (κ3) is 5.85. The summed E-state index contributed by atoms with van der Waals surface area (Å²) in [6.45, 7) is 2.76. The minimum absolute atomic E-state index is 0.194. The zero-order valence-electron chi connectivity index (χ0n) is 15.2. The van der Waals surface area contributed by atoms with Crippen LogP contribution < -0.4 is 20.5 Å². The fourth-order valence-corrected chi connectivity index (χ4v) is 3.02. The molecule has 0 aliphatic carbocycles. The Morgan fingerprint density at radius 3 is 2.68 bits per heavy atom. The molecule has 0 fully saturated rings. The highest BCUT2D eigenvalue weighted by Gasteiger charge is 2.15. The first-order valence-electron chi connectivity index (χ1n) is 8.18. The van der Waals surface area contributed by atoms with Gasteiger partial charge in [0.25, 0.3) is 11.8 Å². The summed E-state index contributed by atoms with van der Waals surface area (Å²) in [5.41, 5.74) is 6.38. The molecule has 28 heavy (non-hydrogen) atoms. The lowest BCUT2D eigenvalue weighted by atomic mass is 10.1. The normalized spacial score (nSPS) is 10.0. The van der Waals surface area contributed by atoms with Crippen molar-refractivity contribution in [3.8, 4) is 11.5 Å². The highest BCUT2D eigenvalue weighted by Crippen LogP contribution is 2.28. The maximum atomic E-state index is 11.9. The molecule has 0 bridgehead atoms. The molecule has 1 aromatic carbocycles. The van der Waals surface area contributed by atoms with E-state index in [-0.39, 0.29) is 5.56 Å². The number of nitrogens with one attached hydrogen (secondary N) is 1. The molecule has 148 valence electrons. The topological polar surface area (TPSA) is 117 Å². The number of thiophene rings is 1. The maximum absolute atomic E-state index is 11.9. The Bertz CT molecular complexity index is 877. The molecule has 0 atom stereocenters. The van der Waals surface area contributed by atoms with Gasteiger partial charge in [0, 0.05) is 0 Å². The van der Waals surface area contributed by atoms with Gasteiger partial charge in [-0.15, -0.1) is 17.9 Å². The molecule has 0 aliphatic heterocycles. The van der Waals surface area contributed by atoms with E-state index in [0.29, 0.717) is 22.9 Å². The Balaban J connectivity index is 1.82. The second-order valence-corrected chi connectivity index (χ2v) is 6.42. The quantitative estimate of drug-likeness (QED) is 0.463. The van der Waals surface area contributed by atoms with Crippen LogP contribution in [0.1, 0.15) is 15.9 Å². The fraction of sp³-hybridized carbons (Fsp3) is 0.211. The predicted octanol–water partition coefficient (Wildman–Crippen LogP) is 2.14. The fourth-order valence-electron chi connectivity index (χ4n) is 2.21. The number of nitrogens with two attached hydrogens (primary N) is 1. The Labute approximate surface area is 165 Å². The average molecular weight is 404 g/mol. The van der Waals surface area contributed by atoms with Gasteiger partial charge in [0.2, 0.25) is 0 Å². The molecule has 0 saturated carbocycles. The van der Waals surface area contributed by atoms with Crippen LogP contribution in [0.25, 0.3) is 0 Å². The number of methoxy groups -OCH3 is 1. The number of carbonyl (C=O) groups excluding carboxylic acids is 3. The molecule has 2 amide bonds. The number of allylic oxidation sites excluding steroid dienone is 1. The first kappa shape index (κ1) is 21.0. The van der Waals surface area contributed by atoms with Crippen LogP contribution >= 0.6 is 11.3 Å². The van der Waals surface area contributed by atoms with Crippen LogP contribution in [0, 0.1) is 0 Å². The smallest absolute Gasteiger partial charge is 0.344 e. The summed E-state index contributed by atoms with van der Waals surface area (Å²) in [6, 6.07) is 6.79. The maximum Gasteiger partial charge on any atom is 0.344 e. The first-order chi connectivity index (χ1) is 13.4. The van der Waals surface area contributed by atoms with E-state index in [0.717, 1.165) is 16.9 Å². The van der Waals surface area contributed by atoms with Crippen LogP contribution in [-0.4, -0.2) is 38.1 Å². The van der Waals surface area contributed by atoms with E-state index >= 15 is 0 Å². The van der Waals surface area contributed by atoms with Gasteiger partial charge in [-0.1, -0.05) is 12.1 Å². The zero-order valence-corrected chi connectivity index (χ0v) is 16.0. The van der Waals surface area contributed by atoms with Crippen molar-refractivity contribution < 1.29 is 28.6 Å². The minimum Gasteiger partial charge on any atom is -0.493 e. The Hall–Kier alpha value is -3.33. The number of benzene rings is 1. The number of hydrogen-bond acceptors (Lipinski definition) is 7. The molecule has 0 spiro atoms. The van der Waals surface area contributed by atoms with Gasteiger partial charge >= 0.3 is 5.97 Å². The molecule has 0 unspecified atom stereocenters. The lowest BCUT2D eigenvalue weighted by molar-refractivity contribution is -0.149. The SMILES string of the molecule is C=CCc1ccc(OCC(=O)OCC(=O)Nc2sccc2C(N)=O)c(OC)c1. The highest BCUT2D eigenvalue weighted by atomic mass is 32.1. The summed E-state index contributed by atoms with van der Waals surface area (Å²) in [6.07, 6.45) is 2.44. The van der Waals surface area contributed by atoms with Crippen molar-refractivity contribution in [2.45, 2.75) is 6.42 Å². The lowest BCUT2D eigenvalue weighted by Crippen LogP contribution is -2.24. The van der Waals surface area contributed by atoms with Crippen molar-refractivity contribution in [3.63, 3.8) is 0 Å². The van der Waals surface area contributed by atoms with E-state index in [2.05, 4.69) is 11.9 Å². The second-order valence-electron chi connectivity index (χ2n) is 5.50. The molecule has 1 heterocycles. The van der Waals surface area contributed by atoms with Crippen molar-refractivity contribution >= 4 is 34.1 Å².